The molecule has 0 saturated heterocycles. The number of imidazole rings is 1. The van der Waals surface area contributed by atoms with Crippen molar-refractivity contribution in [3.05, 3.63) is 79.0 Å². The first kappa shape index (κ1) is 24.0. The Morgan fingerprint density at radius 1 is 1.22 bits per heavy atom. The number of thiophene rings is 1. The van der Waals surface area contributed by atoms with Crippen LogP contribution in [0.2, 0.25) is 10.0 Å². The number of aromatic carboxylic acids is 1. The van der Waals surface area contributed by atoms with Crippen LogP contribution in [0, 0.1) is 0 Å². The third-order valence-corrected chi connectivity index (χ3v) is 6.50. The maximum atomic E-state index is 11.9. The number of carboxylic acid groups (broad SMARTS) is 2. The smallest absolute Gasteiger partial charge is 0.337 e. The highest BCUT2D eigenvalue weighted by Gasteiger charge is 2.17. The molecule has 0 unspecified atom stereocenters. The molecule has 9 heteroatoms. The molecule has 0 radical (unpaired) electrons. The van der Waals surface area contributed by atoms with Crippen molar-refractivity contribution in [1.29, 1.82) is 0 Å². The molecule has 32 heavy (non-hydrogen) atoms. The van der Waals surface area contributed by atoms with Gasteiger partial charge in [-0.25, -0.2) is 14.6 Å². The molecule has 2 aromatic heterocycles. The van der Waals surface area contributed by atoms with Crippen molar-refractivity contribution in [2.75, 3.05) is 0 Å². The quantitative estimate of drug-likeness (QED) is 0.336. The number of nitrogens with zero attached hydrogens (tertiary/aromatic N) is 2. The molecule has 6 nitrogen and oxygen atoms in total. The van der Waals surface area contributed by atoms with Gasteiger partial charge in [0.25, 0.3) is 0 Å². The van der Waals surface area contributed by atoms with Gasteiger partial charge in [0.15, 0.2) is 0 Å². The monoisotopic (exact) mass is 492 g/mol. The molecule has 1 aromatic carbocycles. The van der Waals surface area contributed by atoms with Gasteiger partial charge in [-0.1, -0.05) is 42.6 Å². The Morgan fingerprint density at radius 2 is 2.00 bits per heavy atom. The molecular weight excluding hydrogens is 471 g/mol. The molecule has 0 saturated carbocycles. The maximum absolute atomic E-state index is 11.9. The lowest BCUT2D eigenvalue weighted by molar-refractivity contribution is -0.132. The van der Waals surface area contributed by atoms with Crippen LogP contribution < -0.4 is 0 Å². The number of carboxylic acids is 2. The van der Waals surface area contributed by atoms with E-state index >= 15 is 0 Å². The van der Waals surface area contributed by atoms with Crippen molar-refractivity contribution in [3.63, 3.8) is 0 Å². The highest BCUT2D eigenvalue weighted by Crippen LogP contribution is 2.28. The third kappa shape index (κ3) is 5.79. The molecule has 0 bridgehead atoms. The zero-order chi connectivity index (χ0) is 23.3. The average Bonchev–Trinajstić information content (AvgIpc) is 3.38. The maximum Gasteiger partial charge on any atom is 0.337 e. The molecule has 0 aliphatic carbocycles. The van der Waals surface area contributed by atoms with E-state index in [1.54, 1.807) is 12.3 Å². The van der Waals surface area contributed by atoms with Crippen LogP contribution >= 0.6 is 34.5 Å². The van der Waals surface area contributed by atoms with Crippen LogP contribution in [-0.2, 0) is 24.2 Å². The Balaban J connectivity index is 2.02. The molecule has 3 aromatic rings. The Morgan fingerprint density at radius 3 is 2.62 bits per heavy atom. The van der Waals surface area contributed by atoms with Crippen LogP contribution in [0.4, 0.5) is 0 Å². The van der Waals surface area contributed by atoms with Gasteiger partial charge < -0.3 is 14.8 Å². The van der Waals surface area contributed by atoms with Gasteiger partial charge in [0.2, 0.25) is 0 Å². The second kappa shape index (κ2) is 10.8. The Kier molecular flexibility index (Phi) is 8.12. The lowest BCUT2D eigenvalue weighted by Gasteiger charge is -2.14. The molecule has 2 heterocycles. The summed E-state index contributed by atoms with van der Waals surface area (Å²) >= 11 is 14.0. The number of rotatable bonds is 10. The fourth-order valence-electron chi connectivity index (χ4n) is 3.27. The molecule has 0 spiro atoms. The number of aryl methyl sites for hydroxylation is 1. The van der Waals surface area contributed by atoms with Crippen molar-refractivity contribution >= 4 is 52.6 Å². The summed E-state index contributed by atoms with van der Waals surface area (Å²) in [5.41, 5.74) is 1.45. The highest BCUT2D eigenvalue weighted by molar-refractivity contribution is 7.09. The molecule has 0 amide bonds. The normalized spacial score (nSPS) is 11.7. The molecule has 2 N–H and O–H groups in total. The van der Waals surface area contributed by atoms with Gasteiger partial charge in [0, 0.05) is 28.3 Å². The summed E-state index contributed by atoms with van der Waals surface area (Å²) in [4.78, 5) is 28.7. The van der Waals surface area contributed by atoms with Gasteiger partial charge in [-0.3, -0.25) is 0 Å². The molecule has 0 fully saturated rings. The fourth-order valence-corrected chi connectivity index (χ4v) is 4.49. The number of unbranched alkanes of at least 4 members (excludes halogenated alkanes) is 1. The highest BCUT2D eigenvalue weighted by atomic mass is 35.5. The SMILES string of the molecule is CCCCc1ncc(C=C(Cc2cccs2)C(=O)O)n1Cc1cc(Cl)c(C(=O)O)cc1Cl. The van der Waals surface area contributed by atoms with Gasteiger partial charge in [-0.15, -0.1) is 11.3 Å². The number of aliphatic carboxylic acids is 1. The first-order valence-electron chi connectivity index (χ1n) is 10.0. The summed E-state index contributed by atoms with van der Waals surface area (Å²) in [5, 5.41) is 21.3. The van der Waals surface area contributed by atoms with Gasteiger partial charge >= 0.3 is 11.9 Å². The number of aromatic nitrogens is 2. The van der Waals surface area contributed by atoms with Crippen LogP contribution in [0.1, 0.15) is 52.1 Å². The van der Waals surface area contributed by atoms with Crippen LogP contribution in [0.5, 0.6) is 0 Å². The summed E-state index contributed by atoms with van der Waals surface area (Å²) in [7, 11) is 0. The van der Waals surface area contributed by atoms with Crippen LogP contribution in [0.15, 0.2) is 41.4 Å². The van der Waals surface area contributed by atoms with Crippen LogP contribution in [0.3, 0.4) is 0 Å². The second-order valence-corrected chi connectivity index (χ2v) is 9.10. The van der Waals surface area contributed by atoms with E-state index in [0.29, 0.717) is 17.7 Å². The number of hydrogen-bond donors (Lipinski definition) is 2. The number of hydrogen-bond acceptors (Lipinski definition) is 4. The summed E-state index contributed by atoms with van der Waals surface area (Å²) in [6.45, 7) is 2.37. The molecule has 0 aliphatic heterocycles. The first-order chi connectivity index (χ1) is 15.3. The lowest BCUT2D eigenvalue weighted by atomic mass is 10.1. The van der Waals surface area contributed by atoms with E-state index < -0.39 is 11.9 Å². The second-order valence-electron chi connectivity index (χ2n) is 7.25. The molecule has 0 atom stereocenters. The number of carbonyl (C=O) groups is 2. The lowest BCUT2D eigenvalue weighted by Crippen LogP contribution is -2.10. The van der Waals surface area contributed by atoms with Crippen molar-refractivity contribution in [2.24, 2.45) is 0 Å². The zero-order valence-electron chi connectivity index (χ0n) is 17.3. The van der Waals surface area contributed by atoms with Crippen molar-refractivity contribution in [2.45, 2.75) is 39.2 Å². The summed E-state index contributed by atoms with van der Waals surface area (Å²) in [5.74, 6) is -1.35. The van der Waals surface area contributed by atoms with E-state index in [0.717, 1.165) is 30.0 Å². The van der Waals surface area contributed by atoms with E-state index in [-0.39, 0.29) is 27.7 Å². The average molecular weight is 493 g/mol. The van der Waals surface area contributed by atoms with E-state index in [2.05, 4.69) is 11.9 Å². The van der Waals surface area contributed by atoms with Gasteiger partial charge in [-0.05, 0) is 41.6 Å². The first-order valence-corrected chi connectivity index (χ1v) is 11.7. The Bertz CT molecular complexity index is 1150. The Labute approximate surface area is 199 Å². The molecular formula is C23H22Cl2N2O4S. The van der Waals surface area contributed by atoms with Crippen molar-refractivity contribution < 1.29 is 19.8 Å². The minimum absolute atomic E-state index is 0.0681. The summed E-state index contributed by atoms with van der Waals surface area (Å²) in [6.07, 6.45) is 6.22. The standard InChI is InChI=1S/C23H22Cl2N2O4S/c1-2-3-6-21-26-12-16(8-14(22(28)29)9-17-5-4-7-32-17)27(21)13-15-10-20(25)18(23(30)31)11-19(15)24/h4-5,7-8,10-12H,2-3,6,9,13H2,1H3,(H,28,29)(H,30,31). The molecule has 3 rings (SSSR count). The predicted molar refractivity (Wildman–Crippen MR) is 127 cm³/mol. The van der Waals surface area contributed by atoms with E-state index in [4.69, 9.17) is 23.2 Å². The summed E-state index contributed by atoms with van der Waals surface area (Å²) in [6, 6.07) is 6.66. The van der Waals surface area contributed by atoms with E-state index in [1.165, 1.54) is 23.5 Å². The van der Waals surface area contributed by atoms with E-state index in [1.807, 2.05) is 22.1 Å². The number of halogens is 2. The van der Waals surface area contributed by atoms with Gasteiger partial charge in [0.05, 0.1) is 29.0 Å². The number of benzene rings is 1. The minimum Gasteiger partial charge on any atom is -0.478 e. The van der Waals surface area contributed by atoms with Crippen LogP contribution in [0.25, 0.3) is 6.08 Å². The Hall–Kier alpha value is -2.61. The predicted octanol–water partition coefficient (Wildman–Crippen LogP) is 6.05. The molecule has 168 valence electrons. The zero-order valence-corrected chi connectivity index (χ0v) is 19.7. The van der Waals surface area contributed by atoms with Gasteiger partial charge in [0.1, 0.15) is 5.82 Å². The third-order valence-electron chi connectivity index (χ3n) is 4.96. The van der Waals surface area contributed by atoms with Gasteiger partial charge in [-0.2, -0.15) is 0 Å². The fraction of sp³-hybridized carbons (Fsp3) is 0.261. The topological polar surface area (TPSA) is 92.4 Å². The largest absolute Gasteiger partial charge is 0.478 e. The van der Waals surface area contributed by atoms with Crippen molar-refractivity contribution in [3.8, 4) is 0 Å². The van der Waals surface area contributed by atoms with Crippen LogP contribution in [-0.4, -0.2) is 31.7 Å². The van der Waals surface area contributed by atoms with E-state index in [9.17, 15) is 19.8 Å². The van der Waals surface area contributed by atoms with Crippen molar-refractivity contribution in [1.82, 2.24) is 9.55 Å². The minimum atomic E-state index is -1.15. The molecule has 0 aliphatic rings. The summed E-state index contributed by atoms with van der Waals surface area (Å²) < 4.78 is 1.91.